The topological polar surface area (TPSA) is 41.1 Å². The van der Waals surface area contributed by atoms with Crippen molar-refractivity contribution in [1.82, 2.24) is 10.0 Å². The fourth-order valence-electron chi connectivity index (χ4n) is 2.23. The highest BCUT2D eigenvalue weighted by Crippen LogP contribution is 2.33. The first-order chi connectivity index (χ1) is 10.8. The van der Waals surface area contributed by atoms with Gasteiger partial charge in [0.2, 0.25) is 0 Å². The van der Waals surface area contributed by atoms with E-state index in [9.17, 15) is 4.21 Å². The van der Waals surface area contributed by atoms with Crippen molar-refractivity contribution >= 4 is 22.3 Å². The number of hydrogen-bond donors (Lipinski definition) is 2. The number of benzene rings is 1. The molecule has 0 saturated carbocycles. The summed E-state index contributed by atoms with van der Waals surface area (Å²) in [6, 6.07) is 12.8. The van der Waals surface area contributed by atoms with Crippen LogP contribution in [0.5, 0.6) is 0 Å². The summed E-state index contributed by atoms with van der Waals surface area (Å²) >= 11 is 1.76. The van der Waals surface area contributed by atoms with Crippen LogP contribution in [0.3, 0.4) is 0 Å². The van der Waals surface area contributed by atoms with Gasteiger partial charge in [-0.1, -0.05) is 24.3 Å². The van der Waals surface area contributed by atoms with E-state index in [2.05, 4.69) is 53.4 Å². The van der Waals surface area contributed by atoms with Crippen LogP contribution in [0, 0.1) is 0 Å². The molecule has 3 nitrogen and oxygen atoms in total. The van der Waals surface area contributed by atoms with E-state index in [0.29, 0.717) is 0 Å². The number of hydrogen-bond acceptors (Lipinski definition) is 3. The molecule has 0 amide bonds. The summed E-state index contributed by atoms with van der Waals surface area (Å²) < 4.78 is 15.2. The van der Waals surface area contributed by atoms with Gasteiger partial charge in [-0.05, 0) is 58.0 Å². The van der Waals surface area contributed by atoms with Gasteiger partial charge in [0.05, 0.1) is 21.8 Å². The van der Waals surface area contributed by atoms with E-state index in [1.165, 1.54) is 20.9 Å². The molecular formula is C18H26N2OS2. The van der Waals surface area contributed by atoms with Crippen LogP contribution in [0.4, 0.5) is 0 Å². The molecule has 2 N–H and O–H groups in total. The monoisotopic (exact) mass is 350 g/mol. The molecule has 2 aromatic rings. The van der Waals surface area contributed by atoms with Crippen molar-refractivity contribution in [2.45, 2.75) is 45.0 Å². The molecule has 0 aliphatic carbocycles. The second kappa shape index (κ2) is 7.71. The van der Waals surface area contributed by atoms with Crippen molar-refractivity contribution in [3.05, 3.63) is 46.8 Å². The maximum atomic E-state index is 12.3. The molecule has 1 aromatic carbocycles. The molecule has 2 rings (SSSR count). The van der Waals surface area contributed by atoms with Crippen LogP contribution >= 0.6 is 11.3 Å². The molecule has 0 radical (unpaired) electrons. The smallest absolute Gasteiger partial charge is 0.0976 e. The number of rotatable bonds is 6. The van der Waals surface area contributed by atoms with Crippen LogP contribution < -0.4 is 10.0 Å². The van der Waals surface area contributed by atoms with Crippen LogP contribution in [-0.4, -0.2) is 16.0 Å². The Morgan fingerprint density at radius 3 is 2.52 bits per heavy atom. The van der Waals surface area contributed by atoms with E-state index >= 15 is 0 Å². The molecule has 0 aliphatic rings. The molecule has 0 saturated heterocycles. The largest absolute Gasteiger partial charge is 0.316 e. The van der Waals surface area contributed by atoms with E-state index in [-0.39, 0.29) is 10.8 Å². The first-order valence-electron chi connectivity index (χ1n) is 7.83. The molecule has 2 atom stereocenters. The van der Waals surface area contributed by atoms with Crippen LogP contribution in [-0.2, 0) is 17.5 Å². The molecular weight excluding hydrogens is 324 g/mol. The van der Waals surface area contributed by atoms with Gasteiger partial charge in [0.1, 0.15) is 0 Å². The van der Waals surface area contributed by atoms with Crippen LogP contribution in [0.1, 0.15) is 44.2 Å². The Balaban J connectivity index is 2.19. The first-order valence-corrected chi connectivity index (χ1v) is 9.80. The summed E-state index contributed by atoms with van der Waals surface area (Å²) in [6.07, 6.45) is 0. The van der Waals surface area contributed by atoms with Crippen molar-refractivity contribution < 1.29 is 4.21 Å². The predicted molar refractivity (Wildman–Crippen MR) is 102 cm³/mol. The van der Waals surface area contributed by atoms with Crippen molar-refractivity contribution in [3.8, 4) is 10.4 Å². The highest BCUT2D eigenvalue weighted by Gasteiger charge is 2.22. The number of thiophene rings is 1. The third-order valence-electron chi connectivity index (χ3n) is 3.54. The molecule has 23 heavy (non-hydrogen) atoms. The lowest BCUT2D eigenvalue weighted by Gasteiger charge is -2.21. The minimum Gasteiger partial charge on any atom is -0.316 e. The summed E-state index contributed by atoms with van der Waals surface area (Å²) in [4.78, 5) is 2.46. The van der Waals surface area contributed by atoms with Crippen molar-refractivity contribution in [3.63, 3.8) is 0 Å². The minimum atomic E-state index is -1.06. The van der Waals surface area contributed by atoms with Gasteiger partial charge >= 0.3 is 0 Å². The Kier molecular flexibility index (Phi) is 6.14. The van der Waals surface area contributed by atoms with Gasteiger partial charge in [-0.15, -0.1) is 11.3 Å². The first kappa shape index (κ1) is 18.3. The lowest BCUT2D eigenvalue weighted by Crippen LogP contribution is -2.34. The molecule has 1 heterocycles. The highest BCUT2D eigenvalue weighted by molar-refractivity contribution is 7.84. The molecule has 126 valence electrons. The Labute approximate surface area is 146 Å². The van der Waals surface area contributed by atoms with E-state index in [4.69, 9.17) is 0 Å². The lowest BCUT2D eigenvalue weighted by molar-refractivity contribution is 0.618. The van der Waals surface area contributed by atoms with E-state index in [0.717, 1.165) is 6.54 Å². The second-order valence-corrected chi connectivity index (χ2v) is 9.72. The highest BCUT2D eigenvalue weighted by atomic mass is 32.2. The van der Waals surface area contributed by atoms with Gasteiger partial charge in [0.25, 0.3) is 0 Å². The average molecular weight is 351 g/mol. The van der Waals surface area contributed by atoms with Crippen molar-refractivity contribution in [2.75, 3.05) is 7.05 Å². The summed E-state index contributed by atoms with van der Waals surface area (Å²) in [5.74, 6) is 0. The van der Waals surface area contributed by atoms with Gasteiger partial charge in [-0.3, -0.25) is 0 Å². The zero-order valence-corrected chi connectivity index (χ0v) is 16.1. The predicted octanol–water partition coefficient (Wildman–Crippen LogP) is 4.25. The molecule has 0 spiro atoms. The van der Waals surface area contributed by atoms with Gasteiger partial charge in [0, 0.05) is 16.3 Å². The van der Waals surface area contributed by atoms with Crippen LogP contribution in [0.2, 0.25) is 0 Å². The Morgan fingerprint density at radius 1 is 1.17 bits per heavy atom. The van der Waals surface area contributed by atoms with Crippen molar-refractivity contribution in [2.24, 2.45) is 0 Å². The Hall–Kier alpha value is -1.01. The van der Waals surface area contributed by atoms with Gasteiger partial charge in [-0.25, -0.2) is 8.93 Å². The van der Waals surface area contributed by atoms with E-state index < -0.39 is 11.0 Å². The molecule has 0 fully saturated rings. The third-order valence-corrected chi connectivity index (χ3v) is 6.52. The second-order valence-electron chi connectivity index (χ2n) is 6.61. The van der Waals surface area contributed by atoms with Gasteiger partial charge in [-0.2, -0.15) is 0 Å². The third kappa shape index (κ3) is 4.73. The summed E-state index contributed by atoms with van der Waals surface area (Å²) in [5, 5.41) is 3.22. The zero-order chi connectivity index (χ0) is 17.0. The Morgan fingerprint density at radius 2 is 1.87 bits per heavy atom. The van der Waals surface area contributed by atoms with Gasteiger partial charge in [0.15, 0.2) is 0 Å². The fourth-order valence-corrected chi connectivity index (χ4v) is 4.18. The zero-order valence-electron chi connectivity index (χ0n) is 14.5. The van der Waals surface area contributed by atoms with Gasteiger partial charge < -0.3 is 5.32 Å². The molecule has 2 unspecified atom stereocenters. The fraction of sp³-hybridized carbons (Fsp3) is 0.444. The quantitative estimate of drug-likeness (QED) is 0.818. The Bertz CT molecular complexity index is 674. The summed E-state index contributed by atoms with van der Waals surface area (Å²) in [7, 11) is 0.899. The lowest BCUT2D eigenvalue weighted by atomic mass is 10.1. The van der Waals surface area contributed by atoms with Crippen LogP contribution in [0.25, 0.3) is 10.4 Å². The van der Waals surface area contributed by atoms with E-state index in [1.54, 1.807) is 11.3 Å². The average Bonchev–Trinajstić information content (AvgIpc) is 2.97. The summed E-state index contributed by atoms with van der Waals surface area (Å²) in [6.45, 7) is 8.87. The van der Waals surface area contributed by atoms with E-state index in [1.807, 2.05) is 27.8 Å². The maximum Gasteiger partial charge on any atom is 0.0976 e. The van der Waals surface area contributed by atoms with Crippen LogP contribution in [0.15, 0.2) is 36.4 Å². The minimum absolute atomic E-state index is 0.0743. The summed E-state index contributed by atoms with van der Waals surface area (Å²) in [5.41, 5.74) is 2.56. The maximum absolute atomic E-state index is 12.3. The molecule has 1 aromatic heterocycles. The number of nitrogens with one attached hydrogen (secondary N) is 2. The SMILES string of the molecule is CNCc1ccccc1-c1ccc(C(C)NS(=O)C(C)(C)C)s1. The molecule has 5 heteroatoms. The molecule has 0 aliphatic heterocycles. The standard InChI is InChI=1S/C18H26N2OS2/c1-13(20-23(21)18(2,3)4)16-10-11-17(22-16)15-9-7-6-8-14(15)12-19-5/h6-11,13,19-20H,12H2,1-5H3. The molecule has 0 bridgehead atoms. The van der Waals surface area contributed by atoms with Crippen molar-refractivity contribution in [1.29, 1.82) is 0 Å². The normalized spacial score (nSPS) is 14.7.